The van der Waals surface area contributed by atoms with Crippen molar-refractivity contribution in [3.8, 4) is 0 Å². The number of esters is 1. The van der Waals surface area contributed by atoms with Crippen molar-refractivity contribution < 1.29 is 22.7 Å². The van der Waals surface area contributed by atoms with Gasteiger partial charge in [0.25, 0.3) is 0 Å². The molecule has 1 heterocycles. The second-order valence-electron chi connectivity index (χ2n) is 6.92. The fraction of sp³-hybridized carbons (Fsp3) is 0.571. The van der Waals surface area contributed by atoms with Gasteiger partial charge < -0.3 is 14.6 Å². The number of fused-ring (bicyclic) bond motifs is 1. The number of amides is 1. The number of hydrogen-bond acceptors (Lipinski definition) is 6. The maximum atomic E-state index is 12.8. The summed E-state index contributed by atoms with van der Waals surface area (Å²) in [6.45, 7) is 9.32. The molecule has 0 saturated carbocycles. The quantitative estimate of drug-likeness (QED) is 0.494. The number of hydrogen-bond donors (Lipinski definition) is 1. The fourth-order valence-corrected chi connectivity index (χ4v) is 4.91. The summed E-state index contributed by atoms with van der Waals surface area (Å²) >= 11 is 0. The summed E-state index contributed by atoms with van der Waals surface area (Å²) in [5.41, 5.74) is 1.42. The molecule has 2 rings (SSSR count). The molecule has 0 radical (unpaired) electrons. The Bertz CT molecular complexity index is 1010. The summed E-state index contributed by atoms with van der Waals surface area (Å²) in [6.07, 6.45) is 0.763. The highest BCUT2D eigenvalue weighted by Gasteiger charge is 2.23. The lowest BCUT2D eigenvalue weighted by molar-refractivity contribution is -0.143. The maximum absolute atomic E-state index is 12.8. The van der Waals surface area contributed by atoms with Gasteiger partial charge in [0.15, 0.2) is 0 Å². The molecule has 0 aliphatic rings. The number of rotatable bonds is 12. The van der Waals surface area contributed by atoms with Crippen molar-refractivity contribution in [1.82, 2.24) is 19.2 Å². The van der Waals surface area contributed by atoms with Gasteiger partial charge in [-0.2, -0.15) is 4.31 Å². The second kappa shape index (κ2) is 11.2. The zero-order chi connectivity index (χ0) is 23.0. The molecule has 172 valence electrons. The lowest BCUT2D eigenvalue weighted by Gasteiger charge is -2.18. The van der Waals surface area contributed by atoms with Gasteiger partial charge in [-0.1, -0.05) is 13.8 Å². The number of nitrogens with one attached hydrogen (secondary N) is 1. The van der Waals surface area contributed by atoms with E-state index in [1.807, 2.05) is 11.5 Å². The Morgan fingerprint density at radius 2 is 1.84 bits per heavy atom. The van der Waals surface area contributed by atoms with Crippen LogP contribution in [-0.2, 0) is 37.3 Å². The van der Waals surface area contributed by atoms with Crippen LogP contribution in [0, 0.1) is 0 Å². The van der Waals surface area contributed by atoms with Crippen molar-refractivity contribution in [2.75, 3.05) is 26.2 Å². The first-order valence-corrected chi connectivity index (χ1v) is 12.1. The summed E-state index contributed by atoms with van der Waals surface area (Å²) in [6, 6.07) is 4.97. The lowest BCUT2D eigenvalue weighted by atomic mass is 10.2. The van der Waals surface area contributed by atoms with Gasteiger partial charge in [-0.05, 0) is 32.0 Å². The van der Waals surface area contributed by atoms with E-state index < -0.39 is 10.0 Å². The minimum Gasteiger partial charge on any atom is -0.466 e. The van der Waals surface area contributed by atoms with Gasteiger partial charge in [0.1, 0.15) is 5.82 Å². The molecule has 0 saturated heterocycles. The molecule has 1 aromatic carbocycles. The van der Waals surface area contributed by atoms with Crippen LogP contribution in [0.5, 0.6) is 0 Å². The van der Waals surface area contributed by atoms with E-state index in [4.69, 9.17) is 4.74 Å². The Balaban J connectivity index is 2.13. The Morgan fingerprint density at radius 3 is 2.45 bits per heavy atom. The van der Waals surface area contributed by atoms with Gasteiger partial charge in [0, 0.05) is 39.0 Å². The van der Waals surface area contributed by atoms with Gasteiger partial charge in [-0.3, -0.25) is 9.59 Å². The van der Waals surface area contributed by atoms with Crippen molar-refractivity contribution in [2.24, 2.45) is 0 Å². The average molecular weight is 453 g/mol. The van der Waals surface area contributed by atoms with E-state index in [9.17, 15) is 18.0 Å². The summed E-state index contributed by atoms with van der Waals surface area (Å²) in [5.74, 6) is 0.199. The van der Waals surface area contributed by atoms with Crippen molar-refractivity contribution in [1.29, 1.82) is 0 Å². The number of benzene rings is 1. The van der Waals surface area contributed by atoms with Crippen LogP contribution < -0.4 is 5.32 Å². The predicted octanol–water partition coefficient (Wildman–Crippen LogP) is 2.09. The van der Waals surface area contributed by atoms with Crippen LogP contribution in [0.4, 0.5) is 0 Å². The van der Waals surface area contributed by atoms with Crippen LogP contribution in [0.2, 0.25) is 0 Å². The SMILES string of the molecule is CCOC(=O)CCNC(=O)CCc1nc2cc(S(=O)(=O)N(CC)CC)ccc2n1CC. The number of aromatic nitrogens is 2. The minimum atomic E-state index is -3.57. The van der Waals surface area contributed by atoms with Crippen LogP contribution in [0.3, 0.4) is 0 Å². The zero-order valence-electron chi connectivity index (χ0n) is 18.7. The smallest absolute Gasteiger partial charge is 0.307 e. The number of carbonyl (C=O) groups is 2. The summed E-state index contributed by atoms with van der Waals surface area (Å²) in [5, 5.41) is 2.71. The molecule has 31 heavy (non-hydrogen) atoms. The van der Waals surface area contributed by atoms with E-state index in [1.54, 1.807) is 39.0 Å². The van der Waals surface area contributed by atoms with Crippen molar-refractivity contribution in [2.45, 2.75) is 58.4 Å². The Kier molecular flexibility index (Phi) is 9.00. The van der Waals surface area contributed by atoms with Gasteiger partial charge in [-0.15, -0.1) is 0 Å². The largest absolute Gasteiger partial charge is 0.466 e. The van der Waals surface area contributed by atoms with Crippen LogP contribution in [0.1, 0.15) is 46.4 Å². The number of imidazole rings is 1. The molecule has 0 spiro atoms. The van der Waals surface area contributed by atoms with Crippen molar-refractivity contribution in [3.05, 3.63) is 24.0 Å². The number of ether oxygens (including phenoxy) is 1. The summed E-state index contributed by atoms with van der Waals surface area (Å²) < 4.78 is 33.8. The molecule has 9 nitrogen and oxygen atoms in total. The molecule has 0 bridgehead atoms. The Labute approximate surface area is 183 Å². The number of aryl methyl sites for hydroxylation is 2. The maximum Gasteiger partial charge on any atom is 0.307 e. The van der Waals surface area contributed by atoms with Crippen LogP contribution >= 0.6 is 0 Å². The highest BCUT2D eigenvalue weighted by molar-refractivity contribution is 7.89. The molecule has 0 aliphatic heterocycles. The molecular weight excluding hydrogens is 420 g/mol. The molecule has 1 N–H and O–H groups in total. The molecule has 1 amide bonds. The standard InChI is InChI=1S/C21H32N4O5S/c1-5-24(6-2)31(28,29)16-9-10-18-17(15-16)23-19(25(18)7-3)11-12-20(26)22-14-13-21(27)30-8-4/h9-10,15H,5-8,11-14H2,1-4H3,(H,22,26). The molecule has 0 aliphatic carbocycles. The van der Waals surface area contributed by atoms with E-state index in [0.29, 0.717) is 38.2 Å². The monoisotopic (exact) mass is 452 g/mol. The second-order valence-corrected chi connectivity index (χ2v) is 8.86. The van der Waals surface area contributed by atoms with Crippen molar-refractivity contribution >= 4 is 32.9 Å². The van der Waals surface area contributed by atoms with Gasteiger partial charge in [0.05, 0.1) is 29.0 Å². The van der Waals surface area contributed by atoms with E-state index >= 15 is 0 Å². The fourth-order valence-electron chi connectivity index (χ4n) is 3.43. The highest BCUT2D eigenvalue weighted by Crippen LogP contribution is 2.23. The number of sulfonamides is 1. The molecular formula is C21H32N4O5S. The van der Waals surface area contributed by atoms with Crippen LogP contribution in [0.15, 0.2) is 23.1 Å². The molecule has 0 atom stereocenters. The Hall–Kier alpha value is -2.46. The topological polar surface area (TPSA) is 111 Å². The third kappa shape index (κ3) is 6.04. The van der Waals surface area contributed by atoms with Crippen molar-refractivity contribution in [3.63, 3.8) is 0 Å². The molecule has 1 aromatic heterocycles. The zero-order valence-corrected chi connectivity index (χ0v) is 19.5. The third-order valence-corrected chi connectivity index (χ3v) is 7.04. The highest BCUT2D eigenvalue weighted by atomic mass is 32.2. The third-order valence-electron chi connectivity index (χ3n) is 4.99. The molecule has 0 unspecified atom stereocenters. The normalized spacial score (nSPS) is 11.8. The predicted molar refractivity (Wildman–Crippen MR) is 118 cm³/mol. The van der Waals surface area contributed by atoms with E-state index in [0.717, 1.165) is 11.3 Å². The lowest BCUT2D eigenvalue weighted by Crippen LogP contribution is -2.30. The average Bonchev–Trinajstić information content (AvgIpc) is 3.09. The first kappa shape index (κ1) is 24.8. The molecule has 10 heteroatoms. The number of carbonyl (C=O) groups excluding carboxylic acids is 2. The first-order chi connectivity index (χ1) is 14.8. The molecule has 2 aromatic rings. The Morgan fingerprint density at radius 1 is 1.13 bits per heavy atom. The van der Waals surface area contributed by atoms with Gasteiger partial charge in [0.2, 0.25) is 15.9 Å². The van der Waals surface area contributed by atoms with E-state index in [1.165, 1.54) is 4.31 Å². The van der Waals surface area contributed by atoms with Crippen LogP contribution in [0.25, 0.3) is 11.0 Å². The van der Waals surface area contributed by atoms with Gasteiger partial charge >= 0.3 is 5.97 Å². The summed E-state index contributed by atoms with van der Waals surface area (Å²) in [4.78, 5) is 28.3. The van der Waals surface area contributed by atoms with E-state index in [2.05, 4.69) is 10.3 Å². The van der Waals surface area contributed by atoms with Gasteiger partial charge in [-0.25, -0.2) is 13.4 Å². The van der Waals surface area contributed by atoms with Crippen LogP contribution in [-0.4, -0.2) is 60.4 Å². The number of nitrogens with zero attached hydrogens (tertiary/aromatic N) is 3. The summed E-state index contributed by atoms with van der Waals surface area (Å²) in [7, 11) is -3.57. The first-order valence-electron chi connectivity index (χ1n) is 10.7. The minimum absolute atomic E-state index is 0.136. The van der Waals surface area contributed by atoms with E-state index in [-0.39, 0.29) is 36.2 Å². The molecule has 0 fully saturated rings.